The molecule has 68 valence electrons. The minimum absolute atomic E-state index is 0.119. The number of carbonyl (C=O) groups excluding carboxylic acids is 2. The van der Waals surface area contributed by atoms with E-state index in [1.165, 1.54) is 0 Å². The van der Waals surface area contributed by atoms with Crippen LogP contribution in [0.25, 0.3) is 0 Å². The van der Waals surface area contributed by atoms with Crippen LogP contribution >= 0.6 is 0 Å². The highest BCUT2D eigenvalue weighted by atomic mass is 19.1. The maximum atomic E-state index is 12.5. The van der Waals surface area contributed by atoms with Gasteiger partial charge in [0.1, 0.15) is 5.82 Å². The third-order valence-corrected chi connectivity index (χ3v) is 1.34. The lowest BCUT2D eigenvalue weighted by Gasteiger charge is -1.97. The predicted molar refractivity (Wildman–Crippen MR) is 40.5 cm³/mol. The summed E-state index contributed by atoms with van der Waals surface area (Å²) in [5, 5.41) is 0. The maximum absolute atomic E-state index is 12.5. The molecule has 1 heterocycles. The Hall–Kier alpha value is -1.78. The first kappa shape index (κ1) is 9.31. The average Bonchev–Trinajstić information content (AvgIpc) is 2.15. The minimum atomic E-state index is -1.03. The normalized spacial score (nSPS) is 9.38. The number of halogens is 1. The molecule has 0 aromatic carbocycles. The van der Waals surface area contributed by atoms with Crippen molar-refractivity contribution in [3.05, 3.63) is 29.8 Å². The number of nitrogens with zero attached hydrogens (tertiary/aromatic N) is 1. The topological polar surface area (TPSA) is 56.3 Å². The van der Waals surface area contributed by atoms with E-state index in [1.807, 2.05) is 0 Å². The molecule has 0 aliphatic heterocycles. The number of esters is 1. The minimum Gasteiger partial charge on any atom is -0.463 e. The van der Waals surface area contributed by atoms with Crippen LogP contribution < -0.4 is 0 Å². The predicted octanol–water partition coefficient (Wildman–Crippen LogP) is 0.576. The van der Waals surface area contributed by atoms with E-state index in [0.717, 1.165) is 25.6 Å². The number of hydrogen-bond acceptors (Lipinski definition) is 4. The van der Waals surface area contributed by atoms with Gasteiger partial charge in [-0.25, -0.2) is 9.18 Å². The molecule has 0 saturated heterocycles. The number of ether oxygens (including phenoxy) is 1. The van der Waals surface area contributed by atoms with Gasteiger partial charge in [0.15, 0.2) is 0 Å². The number of Topliss-reactive ketones (excluding diaryl/α,β-unsaturated/α-hetero) is 1. The summed E-state index contributed by atoms with van der Waals surface area (Å²) in [6.45, 7) is 0. The molecule has 5 heteroatoms. The van der Waals surface area contributed by atoms with Crippen molar-refractivity contribution in [2.75, 3.05) is 7.11 Å². The van der Waals surface area contributed by atoms with E-state index in [9.17, 15) is 14.0 Å². The van der Waals surface area contributed by atoms with Crippen LogP contribution in [-0.4, -0.2) is 23.8 Å². The fourth-order valence-corrected chi connectivity index (χ4v) is 0.747. The lowest BCUT2D eigenvalue weighted by atomic mass is 10.2. The number of ketones is 1. The largest absolute Gasteiger partial charge is 0.463 e. The lowest BCUT2D eigenvalue weighted by molar-refractivity contribution is -0.135. The van der Waals surface area contributed by atoms with Crippen molar-refractivity contribution in [2.24, 2.45) is 0 Å². The van der Waals surface area contributed by atoms with E-state index in [1.54, 1.807) is 0 Å². The van der Waals surface area contributed by atoms with Crippen LogP contribution in [0.2, 0.25) is 0 Å². The number of pyridine rings is 1. The average molecular weight is 183 g/mol. The third-order valence-electron chi connectivity index (χ3n) is 1.34. The van der Waals surface area contributed by atoms with Crippen LogP contribution in [0.3, 0.4) is 0 Å². The summed E-state index contributed by atoms with van der Waals surface area (Å²) in [7, 11) is 1.08. The molecule has 0 amide bonds. The molecule has 0 saturated carbocycles. The highest BCUT2D eigenvalue weighted by Gasteiger charge is 2.16. The lowest BCUT2D eigenvalue weighted by Crippen LogP contribution is -2.15. The van der Waals surface area contributed by atoms with Crippen LogP contribution in [0.4, 0.5) is 4.39 Å². The Labute approximate surface area is 73.3 Å². The van der Waals surface area contributed by atoms with Gasteiger partial charge in [-0.05, 0) is 6.07 Å². The molecule has 0 N–H and O–H groups in total. The summed E-state index contributed by atoms with van der Waals surface area (Å²) >= 11 is 0. The van der Waals surface area contributed by atoms with Gasteiger partial charge >= 0.3 is 5.97 Å². The number of hydrogen-bond donors (Lipinski definition) is 0. The fraction of sp³-hybridized carbons (Fsp3) is 0.125. The van der Waals surface area contributed by atoms with E-state index < -0.39 is 17.6 Å². The quantitative estimate of drug-likeness (QED) is 0.382. The first-order valence-corrected chi connectivity index (χ1v) is 3.38. The molecule has 1 aromatic heterocycles. The van der Waals surface area contributed by atoms with E-state index >= 15 is 0 Å². The highest BCUT2D eigenvalue weighted by molar-refractivity contribution is 6.40. The van der Waals surface area contributed by atoms with Crippen LogP contribution in [0.1, 0.15) is 10.4 Å². The molecule has 0 aliphatic rings. The molecule has 0 atom stereocenters. The second-order valence-corrected chi connectivity index (χ2v) is 2.21. The van der Waals surface area contributed by atoms with Gasteiger partial charge in [-0.1, -0.05) is 0 Å². The first-order chi connectivity index (χ1) is 6.15. The SMILES string of the molecule is COC(=O)C(=O)c1cncc(F)c1. The van der Waals surface area contributed by atoms with Crippen LogP contribution in [0, 0.1) is 5.82 Å². The second-order valence-electron chi connectivity index (χ2n) is 2.21. The van der Waals surface area contributed by atoms with Crippen molar-refractivity contribution in [3.8, 4) is 0 Å². The summed E-state index contributed by atoms with van der Waals surface area (Å²) < 4.78 is 16.7. The Bertz CT molecular complexity index is 351. The van der Waals surface area contributed by atoms with Crippen molar-refractivity contribution in [3.63, 3.8) is 0 Å². The first-order valence-electron chi connectivity index (χ1n) is 3.38. The standard InChI is InChI=1S/C8H6FNO3/c1-13-8(12)7(11)5-2-6(9)4-10-3-5/h2-4H,1H3. The van der Waals surface area contributed by atoms with Gasteiger partial charge in [-0.15, -0.1) is 0 Å². The van der Waals surface area contributed by atoms with Gasteiger partial charge in [-0.3, -0.25) is 9.78 Å². The number of aromatic nitrogens is 1. The zero-order valence-corrected chi connectivity index (χ0v) is 6.78. The maximum Gasteiger partial charge on any atom is 0.379 e. The fourth-order valence-electron chi connectivity index (χ4n) is 0.747. The molecule has 4 nitrogen and oxygen atoms in total. The van der Waals surface area contributed by atoms with Gasteiger partial charge in [0, 0.05) is 6.20 Å². The monoisotopic (exact) mass is 183 g/mol. The number of carbonyl (C=O) groups is 2. The van der Waals surface area contributed by atoms with Crippen molar-refractivity contribution >= 4 is 11.8 Å². The zero-order valence-electron chi connectivity index (χ0n) is 6.78. The summed E-state index contributed by atoms with van der Waals surface area (Å²) in [4.78, 5) is 25.2. The van der Waals surface area contributed by atoms with Crippen LogP contribution in [0.15, 0.2) is 18.5 Å². The third kappa shape index (κ3) is 2.08. The molecule has 0 aliphatic carbocycles. The molecule has 1 aromatic rings. The van der Waals surface area contributed by atoms with Crippen molar-refractivity contribution in [2.45, 2.75) is 0 Å². The van der Waals surface area contributed by atoms with Crippen molar-refractivity contribution in [1.29, 1.82) is 0 Å². The molecular weight excluding hydrogens is 177 g/mol. The van der Waals surface area contributed by atoms with E-state index in [-0.39, 0.29) is 5.56 Å². The molecule has 0 radical (unpaired) electrons. The van der Waals surface area contributed by atoms with Gasteiger partial charge in [0.25, 0.3) is 5.78 Å². The summed E-state index contributed by atoms with van der Waals surface area (Å²) in [6, 6.07) is 0.923. The Morgan fingerprint density at radius 1 is 1.46 bits per heavy atom. The Kier molecular flexibility index (Phi) is 2.69. The van der Waals surface area contributed by atoms with Crippen molar-refractivity contribution < 1.29 is 18.7 Å². The highest BCUT2D eigenvalue weighted by Crippen LogP contribution is 2.02. The second kappa shape index (κ2) is 3.75. The van der Waals surface area contributed by atoms with Gasteiger partial charge in [0.05, 0.1) is 18.9 Å². The van der Waals surface area contributed by atoms with Gasteiger partial charge in [-0.2, -0.15) is 0 Å². The number of methoxy groups -OCH3 is 1. The Morgan fingerprint density at radius 2 is 2.15 bits per heavy atom. The van der Waals surface area contributed by atoms with Gasteiger partial charge < -0.3 is 4.74 Å². The van der Waals surface area contributed by atoms with E-state index in [4.69, 9.17) is 0 Å². The Morgan fingerprint density at radius 3 is 2.69 bits per heavy atom. The van der Waals surface area contributed by atoms with Crippen molar-refractivity contribution in [1.82, 2.24) is 4.98 Å². The smallest absolute Gasteiger partial charge is 0.379 e. The number of rotatable bonds is 2. The molecule has 0 fully saturated rings. The van der Waals surface area contributed by atoms with Gasteiger partial charge in [0.2, 0.25) is 0 Å². The molecule has 13 heavy (non-hydrogen) atoms. The molecular formula is C8H6FNO3. The van der Waals surface area contributed by atoms with Crippen LogP contribution in [-0.2, 0) is 9.53 Å². The summed E-state index contributed by atoms with van der Waals surface area (Å²) in [5.74, 6) is -2.61. The Balaban J connectivity index is 2.95. The molecule has 0 bridgehead atoms. The van der Waals surface area contributed by atoms with E-state index in [0.29, 0.717) is 0 Å². The molecule has 0 spiro atoms. The van der Waals surface area contributed by atoms with E-state index in [2.05, 4.69) is 9.72 Å². The summed E-state index contributed by atoms with van der Waals surface area (Å²) in [6.07, 6.45) is 2.04. The zero-order chi connectivity index (χ0) is 9.84. The summed E-state index contributed by atoms with van der Waals surface area (Å²) in [5.41, 5.74) is -0.119. The molecule has 0 unspecified atom stereocenters. The van der Waals surface area contributed by atoms with Crippen LogP contribution in [0.5, 0.6) is 0 Å². The molecule has 1 rings (SSSR count).